The molecule has 0 amide bonds. The number of nitrogens with one attached hydrogen (secondary N) is 1. The summed E-state index contributed by atoms with van der Waals surface area (Å²) in [5.74, 6) is 0.197. The largest absolute Gasteiger partial charge is 0.434 e. The van der Waals surface area contributed by atoms with Gasteiger partial charge in [0.1, 0.15) is 5.75 Å². The molecule has 2 N–H and O–H groups in total. The number of halogens is 2. The molecule has 3 nitrogen and oxygen atoms in total. The van der Waals surface area contributed by atoms with Gasteiger partial charge in [0, 0.05) is 24.8 Å². The minimum atomic E-state index is -2.82. The van der Waals surface area contributed by atoms with Gasteiger partial charge in [-0.15, -0.1) is 0 Å². The molecule has 0 saturated carbocycles. The molecule has 114 valence electrons. The molecule has 0 aromatic heterocycles. The van der Waals surface area contributed by atoms with Crippen molar-refractivity contribution in [1.82, 2.24) is 5.32 Å². The number of hydrogen-bond donors (Lipinski definition) is 2. The third-order valence-electron chi connectivity index (χ3n) is 3.28. The lowest BCUT2D eigenvalue weighted by atomic mass is 9.89. The number of para-hydroxylation sites is 1. The Morgan fingerprint density at radius 1 is 1.30 bits per heavy atom. The lowest BCUT2D eigenvalue weighted by Crippen LogP contribution is -2.32. The highest BCUT2D eigenvalue weighted by molar-refractivity contribution is 5.35. The summed E-state index contributed by atoms with van der Waals surface area (Å²) in [6, 6.07) is 6.67. The molecule has 0 aliphatic carbocycles. The van der Waals surface area contributed by atoms with Gasteiger partial charge in [-0.25, -0.2) is 0 Å². The van der Waals surface area contributed by atoms with Crippen LogP contribution in [0.3, 0.4) is 0 Å². The van der Waals surface area contributed by atoms with Gasteiger partial charge in [0.2, 0.25) is 0 Å². The number of alkyl halides is 2. The summed E-state index contributed by atoms with van der Waals surface area (Å²) in [6.45, 7) is 3.98. The predicted molar refractivity (Wildman–Crippen MR) is 75.0 cm³/mol. The van der Waals surface area contributed by atoms with Crippen molar-refractivity contribution in [3.05, 3.63) is 29.8 Å². The fourth-order valence-corrected chi connectivity index (χ4v) is 1.97. The molecule has 0 radical (unpaired) electrons. The first-order valence-electron chi connectivity index (χ1n) is 6.74. The van der Waals surface area contributed by atoms with E-state index in [0.717, 1.165) is 0 Å². The van der Waals surface area contributed by atoms with Gasteiger partial charge >= 0.3 is 6.61 Å². The summed E-state index contributed by atoms with van der Waals surface area (Å²) in [6.07, 6.45) is 0.682. The zero-order valence-corrected chi connectivity index (χ0v) is 12.2. The highest BCUT2D eigenvalue weighted by atomic mass is 19.3. The number of hydrogen-bond acceptors (Lipinski definition) is 3. The number of aliphatic hydroxyl groups excluding tert-OH is 1. The fourth-order valence-electron chi connectivity index (χ4n) is 1.97. The van der Waals surface area contributed by atoms with Crippen LogP contribution in [-0.4, -0.2) is 24.9 Å². The third-order valence-corrected chi connectivity index (χ3v) is 3.28. The number of aliphatic hydroxyl groups is 1. The van der Waals surface area contributed by atoms with Crippen LogP contribution in [0, 0.1) is 5.41 Å². The van der Waals surface area contributed by atoms with E-state index in [-0.39, 0.29) is 23.8 Å². The molecule has 0 aliphatic heterocycles. The fraction of sp³-hybridized carbons (Fsp3) is 0.600. The zero-order chi connectivity index (χ0) is 15.2. The number of benzene rings is 1. The van der Waals surface area contributed by atoms with Crippen LogP contribution >= 0.6 is 0 Å². The van der Waals surface area contributed by atoms with Crippen LogP contribution in [-0.2, 0) is 0 Å². The number of rotatable bonds is 8. The number of ether oxygens (including phenoxy) is 1. The Hall–Kier alpha value is -1.20. The van der Waals surface area contributed by atoms with Crippen LogP contribution in [0.2, 0.25) is 0 Å². The average Bonchev–Trinajstić information content (AvgIpc) is 2.36. The van der Waals surface area contributed by atoms with Crippen LogP contribution in [0.5, 0.6) is 5.75 Å². The van der Waals surface area contributed by atoms with Gasteiger partial charge in [0.15, 0.2) is 0 Å². The average molecular weight is 287 g/mol. The van der Waals surface area contributed by atoms with Gasteiger partial charge in [-0.1, -0.05) is 32.0 Å². The Bertz CT molecular complexity index is 411. The molecule has 1 rings (SSSR count). The molecule has 0 spiro atoms. The van der Waals surface area contributed by atoms with Crippen molar-refractivity contribution in [2.45, 2.75) is 39.8 Å². The summed E-state index contributed by atoms with van der Waals surface area (Å²) in [7, 11) is 0. The molecular formula is C15H23F2NO2. The van der Waals surface area contributed by atoms with E-state index in [9.17, 15) is 8.78 Å². The maximum Gasteiger partial charge on any atom is 0.387 e. The second kappa shape index (κ2) is 7.55. The van der Waals surface area contributed by atoms with E-state index in [1.165, 1.54) is 0 Å². The Balaban J connectivity index is 2.70. The maximum absolute atomic E-state index is 12.4. The van der Waals surface area contributed by atoms with Crippen LogP contribution in [0.15, 0.2) is 24.3 Å². The Morgan fingerprint density at radius 3 is 2.55 bits per heavy atom. The van der Waals surface area contributed by atoms with Crippen molar-refractivity contribution in [1.29, 1.82) is 0 Å². The van der Waals surface area contributed by atoms with Gasteiger partial charge < -0.3 is 15.2 Å². The topological polar surface area (TPSA) is 41.5 Å². The quantitative estimate of drug-likeness (QED) is 0.770. The summed E-state index contributed by atoms with van der Waals surface area (Å²) >= 11 is 0. The molecule has 0 aliphatic rings. The predicted octanol–water partition coefficient (Wildman–Crippen LogP) is 3.35. The van der Waals surface area contributed by atoms with Gasteiger partial charge in [0.05, 0.1) is 0 Å². The monoisotopic (exact) mass is 287 g/mol. The molecule has 0 saturated heterocycles. The molecule has 1 atom stereocenters. The van der Waals surface area contributed by atoms with E-state index < -0.39 is 6.61 Å². The lowest BCUT2D eigenvalue weighted by Gasteiger charge is -2.27. The maximum atomic E-state index is 12.4. The van der Waals surface area contributed by atoms with Crippen molar-refractivity contribution >= 4 is 0 Å². The minimum absolute atomic E-state index is 0.0540. The highest BCUT2D eigenvalue weighted by Gasteiger charge is 2.20. The van der Waals surface area contributed by atoms with Gasteiger partial charge in [-0.2, -0.15) is 8.78 Å². The Labute approximate surface area is 119 Å². The second-order valence-corrected chi connectivity index (χ2v) is 5.66. The van der Waals surface area contributed by atoms with Crippen LogP contribution < -0.4 is 10.1 Å². The molecule has 20 heavy (non-hydrogen) atoms. The smallest absolute Gasteiger partial charge is 0.387 e. The van der Waals surface area contributed by atoms with E-state index >= 15 is 0 Å². The molecule has 5 heteroatoms. The van der Waals surface area contributed by atoms with Crippen molar-refractivity contribution in [3.63, 3.8) is 0 Å². The second-order valence-electron chi connectivity index (χ2n) is 5.66. The molecule has 1 unspecified atom stereocenters. The van der Waals surface area contributed by atoms with Gasteiger partial charge in [0.25, 0.3) is 0 Å². The first-order valence-corrected chi connectivity index (χ1v) is 6.74. The summed E-state index contributed by atoms with van der Waals surface area (Å²) in [4.78, 5) is 0. The van der Waals surface area contributed by atoms with E-state index in [1.807, 2.05) is 20.8 Å². The van der Waals surface area contributed by atoms with E-state index in [4.69, 9.17) is 5.11 Å². The van der Waals surface area contributed by atoms with Crippen molar-refractivity contribution in [2.24, 2.45) is 5.41 Å². The SMILES string of the molecule is CC(NCC(C)(C)CCO)c1ccccc1OC(F)F. The molecule has 0 heterocycles. The normalized spacial score (nSPS) is 13.6. The first-order chi connectivity index (χ1) is 9.35. The Morgan fingerprint density at radius 2 is 1.95 bits per heavy atom. The first kappa shape index (κ1) is 16.9. The van der Waals surface area contributed by atoms with Crippen LogP contribution in [0.25, 0.3) is 0 Å². The van der Waals surface area contributed by atoms with Crippen molar-refractivity contribution in [2.75, 3.05) is 13.2 Å². The van der Waals surface area contributed by atoms with E-state index in [2.05, 4.69) is 10.1 Å². The van der Waals surface area contributed by atoms with Crippen molar-refractivity contribution < 1.29 is 18.6 Å². The molecule has 1 aromatic rings. The minimum Gasteiger partial charge on any atom is -0.434 e. The van der Waals surface area contributed by atoms with Crippen LogP contribution in [0.4, 0.5) is 8.78 Å². The summed E-state index contributed by atoms with van der Waals surface area (Å²) in [5, 5.41) is 12.3. The summed E-state index contributed by atoms with van der Waals surface area (Å²) < 4.78 is 29.3. The van der Waals surface area contributed by atoms with Gasteiger partial charge in [-0.3, -0.25) is 0 Å². The molecule has 1 aromatic carbocycles. The summed E-state index contributed by atoms with van der Waals surface area (Å²) in [5.41, 5.74) is 0.647. The highest BCUT2D eigenvalue weighted by Crippen LogP contribution is 2.27. The standard InChI is InChI=1S/C15H23F2NO2/c1-11(18-10-15(2,3)8-9-19)12-6-4-5-7-13(12)20-14(16)17/h4-7,11,14,18-19H,8-10H2,1-3H3. The zero-order valence-electron chi connectivity index (χ0n) is 12.2. The molecule has 0 fully saturated rings. The lowest BCUT2D eigenvalue weighted by molar-refractivity contribution is -0.0507. The van der Waals surface area contributed by atoms with Crippen LogP contribution in [0.1, 0.15) is 38.8 Å². The van der Waals surface area contributed by atoms with Gasteiger partial charge in [-0.05, 0) is 24.8 Å². The third kappa shape index (κ3) is 5.43. The molecule has 0 bridgehead atoms. The van der Waals surface area contributed by atoms with E-state index in [0.29, 0.717) is 18.5 Å². The van der Waals surface area contributed by atoms with E-state index in [1.54, 1.807) is 24.3 Å². The van der Waals surface area contributed by atoms with Crippen molar-refractivity contribution in [3.8, 4) is 5.75 Å². The molecular weight excluding hydrogens is 264 g/mol. The Kier molecular flexibility index (Phi) is 6.36.